The largest absolute Gasteiger partial charge is 0.315 e. The molecular formula is C15H11Br2NO2S. The lowest BCUT2D eigenvalue weighted by Gasteiger charge is -2.26. The van der Waals surface area contributed by atoms with Crippen molar-refractivity contribution < 1.29 is 9.59 Å². The van der Waals surface area contributed by atoms with E-state index in [1.807, 2.05) is 18.2 Å². The summed E-state index contributed by atoms with van der Waals surface area (Å²) in [5, 5.41) is 0. The smallest absolute Gasteiger partial charge is 0.227 e. The van der Waals surface area contributed by atoms with Gasteiger partial charge in [-0.15, -0.1) is 11.3 Å². The third-order valence-corrected chi connectivity index (χ3v) is 5.93. The molecule has 2 heterocycles. The molecule has 108 valence electrons. The fourth-order valence-electron chi connectivity index (χ4n) is 2.45. The average Bonchev–Trinajstić information content (AvgIpc) is 2.80. The Bertz CT molecular complexity index is 754. The van der Waals surface area contributed by atoms with Crippen LogP contribution in [-0.2, 0) is 11.2 Å². The maximum Gasteiger partial charge on any atom is 0.227 e. The Kier molecular flexibility index (Phi) is 4.03. The highest BCUT2D eigenvalue weighted by Crippen LogP contribution is 2.34. The van der Waals surface area contributed by atoms with Gasteiger partial charge in [-0.05, 0) is 68.1 Å². The molecule has 0 unspecified atom stereocenters. The molecule has 1 aliphatic rings. The van der Waals surface area contributed by atoms with Gasteiger partial charge in [0, 0.05) is 30.3 Å². The minimum Gasteiger partial charge on any atom is -0.315 e. The summed E-state index contributed by atoms with van der Waals surface area (Å²) in [5.74, 6) is 0.109. The lowest BCUT2D eigenvalue weighted by Crippen LogP contribution is -2.31. The van der Waals surface area contributed by atoms with Crippen LogP contribution in [0.2, 0.25) is 0 Å². The van der Waals surface area contributed by atoms with E-state index in [1.54, 1.807) is 18.0 Å². The van der Waals surface area contributed by atoms with E-state index in [0.29, 0.717) is 24.0 Å². The minimum atomic E-state index is -0.00817. The molecule has 0 spiro atoms. The number of amides is 1. The number of hydrogen-bond acceptors (Lipinski definition) is 3. The number of nitrogens with zero attached hydrogens (tertiary/aromatic N) is 1. The van der Waals surface area contributed by atoms with Gasteiger partial charge in [-0.25, -0.2) is 0 Å². The molecule has 3 rings (SSSR count). The van der Waals surface area contributed by atoms with Crippen molar-refractivity contribution in [2.24, 2.45) is 0 Å². The van der Waals surface area contributed by atoms with Crippen LogP contribution in [0.15, 0.2) is 31.8 Å². The first kappa shape index (κ1) is 14.9. The molecule has 0 fully saturated rings. The second-order valence-electron chi connectivity index (χ2n) is 4.86. The quantitative estimate of drug-likeness (QED) is 0.664. The Labute approximate surface area is 143 Å². The monoisotopic (exact) mass is 427 g/mol. The van der Waals surface area contributed by atoms with Gasteiger partial charge in [0.1, 0.15) is 0 Å². The summed E-state index contributed by atoms with van der Waals surface area (Å²) in [6.45, 7) is 0. The van der Waals surface area contributed by atoms with Gasteiger partial charge >= 0.3 is 0 Å². The highest BCUT2D eigenvalue weighted by molar-refractivity contribution is 9.12. The molecule has 3 nitrogen and oxygen atoms in total. The van der Waals surface area contributed by atoms with Crippen molar-refractivity contribution >= 4 is 60.6 Å². The van der Waals surface area contributed by atoms with Crippen molar-refractivity contribution in [3.05, 3.63) is 48.5 Å². The number of rotatable bonds is 2. The number of aryl methyl sites for hydroxylation is 1. The average molecular weight is 429 g/mol. The predicted octanol–water partition coefficient (Wildman–Crippen LogP) is 4.41. The Balaban J connectivity index is 1.99. The van der Waals surface area contributed by atoms with Crippen LogP contribution in [0, 0.1) is 0 Å². The number of carbonyl (C=O) groups excluding carboxylic acids is 2. The third kappa shape index (κ3) is 2.72. The van der Waals surface area contributed by atoms with Gasteiger partial charge < -0.3 is 4.90 Å². The molecule has 1 aliphatic heterocycles. The number of thiophene rings is 1. The molecule has 6 heteroatoms. The van der Waals surface area contributed by atoms with E-state index in [2.05, 4.69) is 31.9 Å². The van der Waals surface area contributed by atoms with Crippen LogP contribution < -0.4 is 4.90 Å². The van der Waals surface area contributed by atoms with Crippen LogP contribution >= 0.6 is 43.2 Å². The molecule has 0 saturated carbocycles. The van der Waals surface area contributed by atoms with E-state index < -0.39 is 0 Å². The normalized spacial score (nSPS) is 14.2. The lowest BCUT2D eigenvalue weighted by atomic mass is 9.96. The second-order valence-corrected chi connectivity index (χ2v) is 8.61. The van der Waals surface area contributed by atoms with Gasteiger partial charge in [0.05, 0.1) is 7.57 Å². The van der Waals surface area contributed by atoms with Gasteiger partial charge in [-0.1, -0.05) is 0 Å². The number of fused-ring (bicyclic) bond motifs is 1. The Morgan fingerprint density at radius 3 is 2.67 bits per heavy atom. The topological polar surface area (TPSA) is 37.4 Å². The molecular weight excluding hydrogens is 418 g/mol. The summed E-state index contributed by atoms with van der Waals surface area (Å²) in [6.07, 6.45) is 1.18. The number of carbonyl (C=O) groups is 2. The molecule has 0 N–H and O–H groups in total. The molecule has 0 atom stereocenters. The lowest BCUT2D eigenvalue weighted by molar-refractivity contribution is -0.118. The minimum absolute atomic E-state index is 0.00817. The zero-order valence-corrected chi connectivity index (χ0v) is 15.1. The fraction of sp³-hybridized carbons (Fsp3) is 0.200. The Morgan fingerprint density at radius 2 is 2.00 bits per heavy atom. The van der Waals surface area contributed by atoms with E-state index in [4.69, 9.17) is 0 Å². The van der Waals surface area contributed by atoms with E-state index in [9.17, 15) is 9.59 Å². The maximum absolute atomic E-state index is 12.6. The van der Waals surface area contributed by atoms with Crippen LogP contribution in [0.3, 0.4) is 0 Å². The number of anilines is 1. The molecule has 0 bridgehead atoms. The summed E-state index contributed by atoms with van der Waals surface area (Å²) in [5.41, 5.74) is 3.26. The van der Waals surface area contributed by atoms with Gasteiger partial charge in [-0.3, -0.25) is 9.59 Å². The van der Waals surface area contributed by atoms with Crippen LogP contribution in [-0.4, -0.2) is 18.7 Å². The Morgan fingerprint density at radius 1 is 1.24 bits per heavy atom. The van der Waals surface area contributed by atoms with E-state index in [-0.39, 0.29) is 11.7 Å². The van der Waals surface area contributed by atoms with Crippen LogP contribution in [0.25, 0.3) is 0 Å². The van der Waals surface area contributed by atoms with Gasteiger partial charge in [0.25, 0.3) is 0 Å². The van der Waals surface area contributed by atoms with Crippen molar-refractivity contribution in [1.29, 1.82) is 0 Å². The van der Waals surface area contributed by atoms with Crippen LogP contribution in [0.5, 0.6) is 0 Å². The summed E-state index contributed by atoms with van der Waals surface area (Å²) in [4.78, 5) is 25.9. The fourth-order valence-corrected chi connectivity index (χ4v) is 5.24. The summed E-state index contributed by atoms with van der Waals surface area (Å²) < 4.78 is 1.74. The molecule has 2 aromatic rings. The standard InChI is InChI=1S/C15H11Br2NO2S/c1-18-11-4-2-9(6-8(11)3-5-13(18)19)14(20)10-7-12(16)21-15(10)17/h2,4,6-7H,3,5H2,1H3. The maximum atomic E-state index is 12.6. The first-order valence-electron chi connectivity index (χ1n) is 6.36. The number of halogens is 2. The number of benzene rings is 1. The number of hydrogen-bond donors (Lipinski definition) is 0. The SMILES string of the molecule is CN1C(=O)CCc2cc(C(=O)c3cc(Br)sc3Br)ccc21. The van der Waals surface area contributed by atoms with Crippen molar-refractivity contribution in [3.8, 4) is 0 Å². The second kappa shape index (κ2) is 5.66. The van der Waals surface area contributed by atoms with Crippen molar-refractivity contribution in [3.63, 3.8) is 0 Å². The van der Waals surface area contributed by atoms with Gasteiger partial charge in [0.15, 0.2) is 5.78 Å². The van der Waals surface area contributed by atoms with Crippen LogP contribution in [0.4, 0.5) is 5.69 Å². The number of ketones is 1. The molecule has 0 aliphatic carbocycles. The summed E-state index contributed by atoms with van der Waals surface area (Å²) >= 11 is 8.29. The molecule has 21 heavy (non-hydrogen) atoms. The predicted molar refractivity (Wildman–Crippen MR) is 91.3 cm³/mol. The third-order valence-electron chi connectivity index (χ3n) is 3.59. The molecule has 1 amide bonds. The highest BCUT2D eigenvalue weighted by atomic mass is 79.9. The molecule has 0 saturated heterocycles. The van der Waals surface area contributed by atoms with Crippen LogP contribution in [0.1, 0.15) is 27.9 Å². The van der Waals surface area contributed by atoms with Gasteiger partial charge in [-0.2, -0.15) is 0 Å². The van der Waals surface area contributed by atoms with E-state index >= 15 is 0 Å². The Hall–Kier alpha value is -0.980. The molecule has 0 radical (unpaired) electrons. The summed E-state index contributed by atoms with van der Waals surface area (Å²) in [6, 6.07) is 7.37. The van der Waals surface area contributed by atoms with Crippen molar-refractivity contribution in [2.45, 2.75) is 12.8 Å². The van der Waals surface area contributed by atoms with E-state index in [1.165, 1.54) is 11.3 Å². The summed E-state index contributed by atoms with van der Waals surface area (Å²) in [7, 11) is 1.77. The van der Waals surface area contributed by atoms with Gasteiger partial charge in [0.2, 0.25) is 5.91 Å². The van der Waals surface area contributed by atoms with Crippen molar-refractivity contribution in [1.82, 2.24) is 0 Å². The zero-order chi connectivity index (χ0) is 15.1. The molecule has 1 aromatic heterocycles. The van der Waals surface area contributed by atoms with Crippen molar-refractivity contribution in [2.75, 3.05) is 11.9 Å². The molecule has 1 aromatic carbocycles. The first-order valence-corrected chi connectivity index (χ1v) is 8.76. The zero-order valence-electron chi connectivity index (χ0n) is 11.2. The highest BCUT2D eigenvalue weighted by Gasteiger charge is 2.23. The van der Waals surface area contributed by atoms with E-state index in [0.717, 1.165) is 18.8 Å². The first-order chi connectivity index (χ1) is 9.97.